The van der Waals surface area contributed by atoms with E-state index in [-0.39, 0.29) is 5.92 Å². The normalized spacial score (nSPS) is 21.7. The van der Waals surface area contributed by atoms with Gasteiger partial charge in [0.1, 0.15) is 11.6 Å². The number of aromatic nitrogens is 1. The molecule has 1 aliphatic rings. The minimum absolute atomic E-state index is 0.264. The molecule has 0 amide bonds. The number of nitrogens with zero attached hydrogens (tertiary/aromatic N) is 2. The summed E-state index contributed by atoms with van der Waals surface area (Å²) in [7, 11) is 1.69. The molecular weight excluding hydrogens is 298 g/mol. The Kier molecular flexibility index (Phi) is 4.98. The lowest BCUT2D eigenvalue weighted by Crippen LogP contribution is -2.21. The molecule has 1 aromatic heterocycles. The van der Waals surface area contributed by atoms with Gasteiger partial charge in [0.25, 0.3) is 0 Å². The van der Waals surface area contributed by atoms with Gasteiger partial charge in [-0.1, -0.05) is 12.1 Å². The SMILES string of the molecule is COC[C@@H]1CN(Cc2ccc(F)cc2F)C[C@H]1c1ccccn1. The van der Waals surface area contributed by atoms with E-state index in [0.29, 0.717) is 24.6 Å². The number of halogens is 2. The fourth-order valence-corrected chi connectivity index (χ4v) is 3.29. The fraction of sp³-hybridized carbons (Fsp3) is 0.389. The van der Waals surface area contributed by atoms with Crippen molar-refractivity contribution in [2.75, 3.05) is 26.8 Å². The molecule has 2 atom stereocenters. The highest BCUT2D eigenvalue weighted by atomic mass is 19.1. The van der Waals surface area contributed by atoms with Crippen molar-refractivity contribution in [2.45, 2.75) is 12.5 Å². The van der Waals surface area contributed by atoms with Crippen LogP contribution in [0.3, 0.4) is 0 Å². The van der Waals surface area contributed by atoms with Gasteiger partial charge >= 0.3 is 0 Å². The lowest BCUT2D eigenvalue weighted by Gasteiger charge is -2.16. The number of likely N-dealkylation sites (tertiary alicyclic amines) is 1. The second-order valence-electron chi connectivity index (χ2n) is 6.01. The first-order valence-electron chi connectivity index (χ1n) is 7.73. The van der Waals surface area contributed by atoms with Crippen LogP contribution >= 0.6 is 0 Å². The van der Waals surface area contributed by atoms with Crippen LogP contribution in [0.1, 0.15) is 17.2 Å². The Morgan fingerprint density at radius 2 is 2.09 bits per heavy atom. The van der Waals surface area contributed by atoms with Gasteiger partial charge in [-0.3, -0.25) is 9.88 Å². The second-order valence-corrected chi connectivity index (χ2v) is 6.01. The van der Waals surface area contributed by atoms with E-state index < -0.39 is 11.6 Å². The molecule has 0 spiro atoms. The van der Waals surface area contributed by atoms with Crippen LogP contribution in [0.5, 0.6) is 0 Å². The summed E-state index contributed by atoms with van der Waals surface area (Å²) in [6, 6.07) is 9.66. The van der Waals surface area contributed by atoms with Crippen LogP contribution in [0.2, 0.25) is 0 Å². The highest BCUT2D eigenvalue weighted by Crippen LogP contribution is 2.32. The van der Waals surface area contributed by atoms with Crippen molar-refractivity contribution in [1.29, 1.82) is 0 Å². The molecule has 1 fully saturated rings. The first kappa shape index (κ1) is 16.0. The van der Waals surface area contributed by atoms with Gasteiger partial charge in [0, 0.05) is 62.1 Å². The number of benzene rings is 1. The van der Waals surface area contributed by atoms with Gasteiger partial charge in [0.2, 0.25) is 0 Å². The lowest BCUT2D eigenvalue weighted by molar-refractivity contribution is 0.147. The van der Waals surface area contributed by atoms with Crippen molar-refractivity contribution in [3.63, 3.8) is 0 Å². The van der Waals surface area contributed by atoms with Gasteiger partial charge in [-0.05, 0) is 18.2 Å². The second kappa shape index (κ2) is 7.15. The number of hydrogen-bond acceptors (Lipinski definition) is 3. The first-order valence-corrected chi connectivity index (χ1v) is 7.73. The van der Waals surface area contributed by atoms with Crippen LogP contribution in [-0.4, -0.2) is 36.7 Å². The van der Waals surface area contributed by atoms with Gasteiger partial charge in [0.15, 0.2) is 0 Å². The molecule has 0 N–H and O–H groups in total. The minimum Gasteiger partial charge on any atom is -0.384 e. The predicted octanol–water partition coefficient (Wildman–Crippen LogP) is 3.22. The Hall–Kier alpha value is -1.85. The Balaban J connectivity index is 1.75. The molecule has 2 heterocycles. The Bertz CT molecular complexity index is 651. The molecule has 23 heavy (non-hydrogen) atoms. The Morgan fingerprint density at radius 3 is 2.78 bits per heavy atom. The third-order valence-corrected chi connectivity index (χ3v) is 4.37. The van der Waals surface area contributed by atoms with Crippen LogP contribution in [0.25, 0.3) is 0 Å². The van der Waals surface area contributed by atoms with Gasteiger partial charge in [-0.25, -0.2) is 8.78 Å². The molecule has 3 rings (SSSR count). The maximum absolute atomic E-state index is 13.9. The van der Waals surface area contributed by atoms with E-state index in [1.165, 1.54) is 12.1 Å². The summed E-state index contributed by atoms with van der Waals surface area (Å²) in [4.78, 5) is 6.64. The molecule has 1 saturated heterocycles. The highest BCUT2D eigenvalue weighted by Gasteiger charge is 2.34. The molecule has 5 heteroatoms. The zero-order valence-electron chi connectivity index (χ0n) is 13.1. The summed E-state index contributed by atoms with van der Waals surface area (Å²) in [5.41, 5.74) is 1.56. The van der Waals surface area contributed by atoms with Crippen molar-refractivity contribution >= 4 is 0 Å². The maximum Gasteiger partial charge on any atom is 0.130 e. The van der Waals surface area contributed by atoms with Crippen molar-refractivity contribution in [3.8, 4) is 0 Å². The molecule has 0 unspecified atom stereocenters. The molecule has 1 aromatic carbocycles. The third kappa shape index (κ3) is 3.74. The van der Waals surface area contributed by atoms with Crippen LogP contribution in [-0.2, 0) is 11.3 Å². The average Bonchev–Trinajstić information content (AvgIpc) is 2.94. The first-order chi connectivity index (χ1) is 11.2. The highest BCUT2D eigenvalue weighted by molar-refractivity contribution is 5.20. The molecule has 0 aliphatic carbocycles. The number of pyridine rings is 1. The molecule has 0 bridgehead atoms. The van der Waals surface area contributed by atoms with Crippen LogP contribution < -0.4 is 0 Å². The van der Waals surface area contributed by atoms with Crippen molar-refractivity contribution in [2.24, 2.45) is 5.92 Å². The number of methoxy groups -OCH3 is 1. The third-order valence-electron chi connectivity index (χ3n) is 4.37. The topological polar surface area (TPSA) is 25.4 Å². The van der Waals surface area contributed by atoms with Crippen LogP contribution in [0.15, 0.2) is 42.6 Å². The summed E-state index contributed by atoms with van der Waals surface area (Å²) in [6.07, 6.45) is 1.79. The molecule has 0 radical (unpaired) electrons. The average molecular weight is 318 g/mol. The summed E-state index contributed by atoms with van der Waals surface area (Å²) in [6.45, 7) is 2.72. The van der Waals surface area contributed by atoms with E-state index in [2.05, 4.69) is 9.88 Å². The molecule has 1 aliphatic heterocycles. The number of ether oxygens (including phenoxy) is 1. The number of rotatable bonds is 5. The molecule has 3 nitrogen and oxygen atoms in total. The van der Waals surface area contributed by atoms with Crippen molar-refractivity contribution < 1.29 is 13.5 Å². The Labute approximate surface area is 134 Å². The fourth-order valence-electron chi connectivity index (χ4n) is 3.29. The summed E-state index contributed by atoms with van der Waals surface area (Å²) < 4.78 is 32.2. The van der Waals surface area contributed by atoms with E-state index in [4.69, 9.17) is 4.74 Å². The van der Waals surface area contributed by atoms with Crippen molar-refractivity contribution in [1.82, 2.24) is 9.88 Å². The van der Waals surface area contributed by atoms with E-state index in [1.807, 2.05) is 18.2 Å². The summed E-state index contributed by atoms with van der Waals surface area (Å²) in [5.74, 6) is -0.455. The van der Waals surface area contributed by atoms with Gasteiger partial charge in [-0.2, -0.15) is 0 Å². The standard InChI is InChI=1S/C18H20F2N2O/c1-23-12-14-10-22(9-13-5-6-15(19)8-17(13)20)11-16(14)18-4-2-3-7-21-18/h2-8,14,16H,9-12H2,1H3/t14-,16+/m0/s1. The lowest BCUT2D eigenvalue weighted by atomic mass is 9.93. The van der Waals surface area contributed by atoms with Crippen LogP contribution in [0, 0.1) is 17.6 Å². The summed E-state index contributed by atoms with van der Waals surface area (Å²) >= 11 is 0. The molecule has 122 valence electrons. The largest absolute Gasteiger partial charge is 0.384 e. The molecular formula is C18H20F2N2O. The quantitative estimate of drug-likeness (QED) is 0.846. The van der Waals surface area contributed by atoms with E-state index in [0.717, 1.165) is 24.8 Å². The monoisotopic (exact) mass is 318 g/mol. The minimum atomic E-state index is -0.545. The van der Waals surface area contributed by atoms with E-state index >= 15 is 0 Å². The van der Waals surface area contributed by atoms with Gasteiger partial charge in [-0.15, -0.1) is 0 Å². The number of hydrogen-bond donors (Lipinski definition) is 0. The smallest absolute Gasteiger partial charge is 0.130 e. The van der Waals surface area contributed by atoms with Crippen molar-refractivity contribution in [3.05, 3.63) is 65.5 Å². The molecule has 0 saturated carbocycles. The predicted molar refractivity (Wildman–Crippen MR) is 84.0 cm³/mol. The Morgan fingerprint density at radius 1 is 1.22 bits per heavy atom. The van der Waals surface area contributed by atoms with E-state index in [1.54, 1.807) is 13.3 Å². The van der Waals surface area contributed by atoms with Gasteiger partial charge in [0.05, 0.1) is 6.61 Å². The zero-order valence-corrected chi connectivity index (χ0v) is 13.1. The van der Waals surface area contributed by atoms with Gasteiger partial charge < -0.3 is 4.74 Å². The maximum atomic E-state index is 13.9. The summed E-state index contributed by atoms with van der Waals surface area (Å²) in [5, 5.41) is 0. The zero-order chi connectivity index (χ0) is 16.2. The van der Waals surface area contributed by atoms with Crippen LogP contribution in [0.4, 0.5) is 8.78 Å². The molecule has 2 aromatic rings. The van der Waals surface area contributed by atoms with E-state index in [9.17, 15) is 8.78 Å².